The molecule has 1 amide bonds. The van der Waals surface area contributed by atoms with Crippen molar-refractivity contribution in [1.82, 2.24) is 14.8 Å². The van der Waals surface area contributed by atoms with Crippen molar-refractivity contribution in [3.05, 3.63) is 89.5 Å². The third kappa shape index (κ3) is 5.51. The Bertz CT molecular complexity index is 1350. The van der Waals surface area contributed by atoms with Crippen LogP contribution in [0.25, 0.3) is 17.1 Å². The fraction of sp³-hybridized carbons (Fsp3) is 0.192. The van der Waals surface area contributed by atoms with Crippen LogP contribution in [0.4, 0.5) is 18.9 Å². The van der Waals surface area contributed by atoms with E-state index in [4.69, 9.17) is 4.74 Å². The minimum Gasteiger partial charge on any atom is -0.460 e. The zero-order chi connectivity index (χ0) is 25.2. The van der Waals surface area contributed by atoms with Gasteiger partial charge in [-0.25, -0.2) is 4.68 Å². The molecule has 1 heterocycles. The summed E-state index contributed by atoms with van der Waals surface area (Å²) in [6.45, 7) is 5.46. The number of hydrogen-bond acceptors (Lipinski definition) is 4. The van der Waals surface area contributed by atoms with E-state index < -0.39 is 11.7 Å². The number of anilines is 1. The predicted molar refractivity (Wildman–Crippen MR) is 127 cm³/mol. The molecule has 0 bridgehead atoms. The molecule has 0 aliphatic heterocycles. The molecule has 1 N–H and O–H groups in total. The lowest BCUT2D eigenvalue weighted by atomic mass is 10.1. The lowest BCUT2D eigenvalue weighted by Crippen LogP contribution is -2.13. The van der Waals surface area contributed by atoms with E-state index in [9.17, 15) is 18.0 Å². The Labute approximate surface area is 200 Å². The first-order valence-corrected chi connectivity index (χ1v) is 10.9. The van der Waals surface area contributed by atoms with Gasteiger partial charge < -0.3 is 10.1 Å². The normalized spacial score (nSPS) is 11.5. The molecule has 0 saturated heterocycles. The van der Waals surface area contributed by atoms with E-state index >= 15 is 0 Å². The lowest BCUT2D eigenvalue weighted by Gasteiger charge is -2.11. The average Bonchev–Trinajstić information content (AvgIpc) is 3.22. The van der Waals surface area contributed by atoms with Gasteiger partial charge in [0.2, 0.25) is 0 Å². The Kier molecular flexibility index (Phi) is 6.59. The highest BCUT2D eigenvalue weighted by Gasteiger charge is 2.31. The van der Waals surface area contributed by atoms with Crippen LogP contribution in [0.15, 0.2) is 72.8 Å². The molecule has 1 aromatic heterocycles. The fourth-order valence-electron chi connectivity index (χ4n) is 3.47. The van der Waals surface area contributed by atoms with Gasteiger partial charge in [0, 0.05) is 16.8 Å². The van der Waals surface area contributed by atoms with Gasteiger partial charge in [-0.3, -0.25) is 4.79 Å². The van der Waals surface area contributed by atoms with Crippen molar-refractivity contribution in [3.8, 4) is 23.1 Å². The summed E-state index contributed by atoms with van der Waals surface area (Å²) in [5, 5.41) is 7.20. The molecule has 9 heteroatoms. The van der Waals surface area contributed by atoms with Gasteiger partial charge in [-0.05, 0) is 68.8 Å². The van der Waals surface area contributed by atoms with Crippen molar-refractivity contribution in [1.29, 1.82) is 0 Å². The van der Waals surface area contributed by atoms with Gasteiger partial charge in [-0.15, -0.1) is 5.10 Å². The Morgan fingerprint density at radius 2 is 1.71 bits per heavy atom. The number of alkyl halides is 3. The van der Waals surface area contributed by atoms with Gasteiger partial charge in [0.1, 0.15) is 0 Å². The third-order valence-corrected chi connectivity index (χ3v) is 5.14. The molecule has 0 spiro atoms. The number of rotatable bonds is 6. The molecular formula is C26H23F3N4O2. The zero-order valence-electron chi connectivity index (χ0n) is 19.3. The van der Waals surface area contributed by atoms with Crippen LogP contribution < -0.4 is 10.1 Å². The van der Waals surface area contributed by atoms with Crippen LogP contribution in [0, 0.1) is 6.92 Å². The van der Waals surface area contributed by atoms with E-state index in [1.54, 1.807) is 50.2 Å². The van der Waals surface area contributed by atoms with Crippen LogP contribution in [0.3, 0.4) is 0 Å². The average molecular weight is 480 g/mol. The van der Waals surface area contributed by atoms with Crippen LogP contribution in [-0.2, 0) is 6.18 Å². The van der Waals surface area contributed by atoms with Gasteiger partial charge in [0.05, 0.1) is 17.4 Å². The number of amides is 1. The van der Waals surface area contributed by atoms with Crippen LogP contribution in [0.2, 0.25) is 0 Å². The van der Waals surface area contributed by atoms with Gasteiger partial charge in [-0.1, -0.05) is 30.3 Å². The molecule has 6 nitrogen and oxygen atoms in total. The highest BCUT2D eigenvalue weighted by Crippen LogP contribution is 2.33. The number of ether oxygens (including phenoxy) is 1. The largest absolute Gasteiger partial charge is 0.460 e. The molecule has 0 aliphatic rings. The predicted octanol–water partition coefficient (Wildman–Crippen LogP) is 6.30. The molecule has 0 saturated carbocycles. The molecular weight excluding hydrogens is 457 g/mol. The summed E-state index contributed by atoms with van der Waals surface area (Å²) in [5.74, 6) is -0.0441. The van der Waals surface area contributed by atoms with Crippen molar-refractivity contribution < 1.29 is 22.7 Å². The maximum absolute atomic E-state index is 13.3. The summed E-state index contributed by atoms with van der Waals surface area (Å²) < 4.78 is 46.8. The second kappa shape index (κ2) is 9.61. The molecule has 0 aliphatic carbocycles. The van der Waals surface area contributed by atoms with Crippen molar-refractivity contribution in [2.24, 2.45) is 0 Å². The highest BCUT2D eigenvalue weighted by atomic mass is 19.4. The van der Waals surface area contributed by atoms with E-state index in [0.717, 1.165) is 17.7 Å². The van der Waals surface area contributed by atoms with Gasteiger partial charge in [0.15, 0.2) is 5.82 Å². The maximum Gasteiger partial charge on any atom is 0.416 e. The third-order valence-electron chi connectivity index (χ3n) is 5.14. The second-order valence-electron chi connectivity index (χ2n) is 8.19. The number of benzene rings is 3. The summed E-state index contributed by atoms with van der Waals surface area (Å²) in [6.07, 6.45) is -4.71. The molecule has 4 aromatic rings. The van der Waals surface area contributed by atoms with Gasteiger partial charge in [-0.2, -0.15) is 18.2 Å². The van der Waals surface area contributed by atoms with E-state index in [1.807, 2.05) is 19.1 Å². The Hall–Kier alpha value is -4.14. The van der Waals surface area contributed by atoms with Gasteiger partial charge >= 0.3 is 12.2 Å². The summed E-state index contributed by atoms with van der Waals surface area (Å²) in [6, 6.07) is 18.9. The topological polar surface area (TPSA) is 69.0 Å². The first kappa shape index (κ1) is 24.0. The maximum atomic E-state index is 13.3. The summed E-state index contributed by atoms with van der Waals surface area (Å²) in [4.78, 5) is 16.9. The van der Waals surface area contributed by atoms with E-state index in [-0.39, 0.29) is 29.4 Å². The quantitative estimate of drug-likeness (QED) is 0.352. The number of hydrogen-bond donors (Lipinski definition) is 1. The number of halogens is 3. The van der Waals surface area contributed by atoms with Crippen LogP contribution in [0.1, 0.15) is 35.3 Å². The molecule has 35 heavy (non-hydrogen) atoms. The summed E-state index contributed by atoms with van der Waals surface area (Å²) in [5.41, 5.74) is 1.97. The summed E-state index contributed by atoms with van der Waals surface area (Å²) >= 11 is 0. The minimum atomic E-state index is -4.49. The molecule has 180 valence electrons. The number of aryl methyl sites for hydroxylation is 1. The standard InChI is InChI=1S/C26H23F3N4O2/c1-16(2)35-25-31-23(18-8-6-9-19(15-18)26(27,28)29)33(32-25)21-13-11-20(12-14-21)30-24(34)22-10-5-4-7-17(22)3/h4-16H,1-3H3,(H,30,34). The monoisotopic (exact) mass is 480 g/mol. The Morgan fingerprint density at radius 3 is 2.37 bits per heavy atom. The van der Waals surface area contributed by atoms with Crippen molar-refractivity contribution in [2.45, 2.75) is 33.1 Å². The highest BCUT2D eigenvalue weighted by molar-refractivity contribution is 6.05. The van der Waals surface area contributed by atoms with Crippen LogP contribution in [-0.4, -0.2) is 26.8 Å². The van der Waals surface area contributed by atoms with Crippen molar-refractivity contribution in [2.75, 3.05) is 5.32 Å². The van der Waals surface area contributed by atoms with Gasteiger partial charge in [0.25, 0.3) is 5.91 Å². The smallest absolute Gasteiger partial charge is 0.416 e. The van der Waals surface area contributed by atoms with Crippen LogP contribution >= 0.6 is 0 Å². The number of aromatic nitrogens is 3. The molecule has 0 fully saturated rings. The van der Waals surface area contributed by atoms with E-state index in [0.29, 0.717) is 16.9 Å². The molecule has 3 aromatic carbocycles. The number of nitrogens with one attached hydrogen (secondary N) is 1. The zero-order valence-corrected chi connectivity index (χ0v) is 19.3. The minimum absolute atomic E-state index is 0.0457. The molecule has 0 radical (unpaired) electrons. The second-order valence-corrected chi connectivity index (χ2v) is 8.19. The first-order chi connectivity index (χ1) is 16.6. The number of nitrogens with zero attached hydrogens (tertiary/aromatic N) is 3. The Morgan fingerprint density at radius 1 is 1.00 bits per heavy atom. The molecule has 0 unspecified atom stereocenters. The van der Waals surface area contributed by atoms with Crippen molar-refractivity contribution in [3.63, 3.8) is 0 Å². The SMILES string of the molecule is Cc1ccccc1C(=O)Nc1ccc(-n2nc(OC(C)C)nc2-c2cccc(C(F)(F)F)c2)cc1. The first-order valence-electron chi connectivity index (χ1n) is 10.9. The lowest BCUT2D eigenvalue weighted by molar-refractivity contribution is -0.137. The molecule has 4 rings (SSSR count). The summed E-state index contributed by atoms with van der Waals surface area (Å²) in [7, 11) is 0. The van der Waals surface area contributed by atoms with E-state index in [1.165, 1.54) is 16.8 Å². The number of carbonyl (C=O) groups excluding carboxylic acids is 1. The van der Waals surface area contributed by atoms with Crippen molar-refractivity contribution >= 4 is 11.6 Å². The fourth-order valence-corrected chi connectivity index (χ4v) is 3.47. The Balaban J connectivity index is 1.67. The number of carbonyl (C=O) groups is 1. The molecule has 0 atom stereocenters. The van der Waals surface area contributed by atoms with Crippen LogP contribution in [0.5, 0.6) is 6.01 Å². The van der Waals surface area contributed by atoms with E-state index in [2.05, 4.69) is 15.4 Å².